The summed E-state index contributed by atoms with van der Waals surface area (Å²) in [5.74, 6) is 0.937. The van der Waals surface area contributed by atoms with E-state index in [4.69, 9.17) is 0 Å². The summed E-state index contributed by atoms with van der Waals surface area (Å²) >= 11 is 0. The van der Waals surface area contributed by atoms with Crippen LogP contribution >= 0.6 is 0 Å². The van der Waals surface area contributed by atoms with E-state index in [1.807, 2.05) is 7.05 Å². The predicted octanol–water partition coefficient (Wildman–Crippen LogP) is 2.08. The van der Waals surface area contributed by atoms with E-state index in [9.17, 15) is 0 Å². The number of guanidine groups is 1. The molecule has 0 aliphatic carbocycles. The van der Waals surface area contributed by atoms with Crippen LogP contribution in [0.15, 0.2) is 4.99 Å². The highest BCUT2D eigenvalue weighted by Gasteiger charge is 2.14. The van der Waals surface area contributed by atoms with Crippen molar-refractivity contribution in [3.05, 3.63) is 0 Å². The van der Waals surface area contributed by atoms with E-state index in [-0.39, 0.29) is 0 Å². The zero-order valence-corrected chi connectivity index (χ0v) is 18.9. The molecule has 0 spiro atoms. The van der Waals surface area contributed by atoms with Crippen LogP contribution in [0.1, 0.15) is 53.9 Å². The van der Waals surface area contributed by atoms with E-state index >= 15 is 0 Å². The number of unbranched alkanes of at least 4 members (excludes halogenated alkanes) is 1. The molecule has 1 rings (SSSR count). The number of aliphatic imine (C=N–C) groups is 1. The van der Waals surface area contributed by atoms with Crippen LogP contribution in [0.5, 0.6) is 0 Å². The minimum absolute atomic E-state index is 0.604. The Morgan fingerprint density at radius 2 is 1.44 bits per heavy atom. The summed E-state index contributed by atoms with van der Waals surface area (Å²) in [6.07, 6.45) is 3.60. The molecule has 0 amide bonds. The molecular formula is C21H46N6. The fourth-order valence-electron chi connectivity index (χ4n) is 3.80. The van der Waals surface area contributed by atoms with Crippen LogP contribution in [0.3, 0.4) is 0 Å². The smallest absolute Gasteiger partial charge is 0.190 e. The maximum atomic E-state index is 4.35. The summed E-state index contributed by atoms with van der Waals surface area (Å²) in [5, 5.41) is 6.91. The van der Waals surface area contributed by atoms with E-state index in [1.54, 1.807) is 0 Å². The lowest BCUT2D eigenvalue weighted by molar-refractivity contribution is 0.136. The van der Waals surface area contributed by atoms with Crippen LogP contribution < -0.4 is 10.6 Å². The average Bonchev–Trinajstić information content (AvgIpc) is 2.65. The maximum Gasteiger partial charge on any atom is 0.190 e. The first kappa shape index (κ1) is 24.2. The number of hydrogen-bond acceptors (Lipinski definition) is 4. The first-order valence-electron chi connectivity index (χ1n) is 11.1. The van der Waals surface area contributed by atoms with E-state index in [0.717, 1.165) is 32.0 Å². The van der Waals surface area contributed by atoms with Gasteiger partial charge in [0.25, 0.3) is 0 Å². The van der Waals surface area contributed by atoms with Crippen molar-refractivity contribution in [3.63, 3.8) is 0 Å². The van der Waals surface area contributed by atoms with Gasteiger partial charge in [0.15, 0.2) is 5.96 Å². The molecular weight excluding hydrogens is 336 g/mol. The van der Waals surface area contributed by atoms with Gasteiger partial charge in [-0.15, -0.1) is 0 Å². The molecule has 0 atom stereocenters. The van der Waals surface area contributed by atoms with Crippen molar-refractivity contribution >= 4 is 5.96 Å². The van der Waals surface area contributed by atoms with Gasteiger partial charge in [-0.3, -0.25) is 9.89 Å². The molecule has 0 saturated carbocycles. The van der Waals surface area contributed by atoms with Gasteiger partial charge in [0.05, 0.1) is 0 Å². The highest BCUT2D eigenvalue weighted by Crippen LogP contribution is 2.05. The number of hydrogen-bond donors (Lipinski definition) is 2. The van der Waals surface area contributed by atoms with Gasteiger partial charge in [-0.1, -0.05) is 6.92 Å². The Morgan fingerprint density at radius 3 is 1.96 bits per heavy atom. The molecule has 0 unspecified atom stereocenters. The Bertz CT molecular complexity index is 380. The predicted molar refractivity (Wildman–Crippen MR) is 119 cm³/mol. The highest BCUT2D eigenvalue weighted by molar-refractivity contribution is 5.79. The van der Waals surface area contributed by atoms with Crippen LogP contribution in [0.4, 0.5) is 0 Å². The van der Waals surface area contributed by atoms with Crippen molar-refractivity contribution in [3.8, 4) is 0 Å². The van der Waals surface area contributed by atoms with Crippen molar-refractivity contribution < 1.29 is 0 Å². The van der Waals surface area contributed by atoms with Crippen LogP contribution in [-0.2, 0) is 0 Å². The molecule has 1 aliphatic rings. The summed E-state index contributed by atoms with van der Waals surface area (Å²) < 4.78 is 0. The Labute approximate surface area is 168 Å². The van der Waals surface area contributed by atoms with Crippen molar-refractivity contribution in [2.45, 2.75) is 66.0 Å². The Hall–Kier alpha value is -0.850. The second-order valence-corrected chi connectivity index (χ2v) is 8.19. The van der Waals surface area contributed by atoms with Crippen molar-refractivity contribution in [1.82, 2.24) is 25.3 Å². The molecule has 2 N–H and O–H groups in total. The summed E-state index contributed by atoms with van der Waals surface area (Å²) in [7, 11) is 1.86. The number of nitrogens with one attached hydrogen (secondary N) is 2. The zero-order valence-electron chi connectivity index (χ0n) is 18.9. The van der Waals surface area contributed by atoms with Gasteiger partial charge in [-0.2, -0.15) is 0 Å². The SMILES string of the molecule is CCN1CCN(CCCCNC(=NC)NCCCN(C(C)C)C(C)C)CC1. The molecule has 160 valence electrons. The molecule has 1 heterocycles. The van der Waals surface area contributed by atoms with Crippen molar-refractivity contribution in [2.75, 3.05) is 66.0 Å². The van der Waals surface area contributed by atoms with E-state index in [2.05, 4.69) is 64.9 Å². The molecule has 1 aliphatic heterocycles. The molecule has 0 aromatic carbocycles. The first-order chi connectivity index (χ1) is 13.0. The number of nitrogens with zero attached hydrogens (tertiary/aromatic N) is 4. The topological polar surface area (TPSA) is 46.1 Å². The third-order valence-electron chi connectivity index (χ3n) is 5.54. The third-order valence-corrected chi connectivity index (χ3v) is 5.54. The van der Waals surface area contributed by atoms with Gasteiger partial charge < -0.3 is 20.4 Å². The van der Waals surface area contributed by atoms with Crippen molar-refractivity contribution in [2.24, 2.45) is 4.99 Å². The monoisotopic (exact) mass is 382 g/mol. The molecule has 1 fully saturated rings. The Morgan fingerprint density at radius 1 is 0.889 bits per heavy atom. The quantitative estimate of drug-likeness (QED) is 0.307. The maximum absolute atomic E-state index is 4.35. The summed E-state index contributed by atoms with van der Waals surface area (Å²) in [6, 6.07) is 1.21. The van der Waals surface area contributed by atoms with Gasteiger partial charge in [0, 0.05) is 64.9 Å². The lowest BCUT2D eigenvalue weighted by Crippen LogP contribution is -2.46. The lowest BCUT2D eigenvalue weighted by atomic mass is 10.2. The third kappa shape index (κ3) is 10.3. The van der Waals surface area contributed by atoms with Gasteiger partial charge in [0.1, 0.15) is 0 Å². The number of rotatable bonds is 12. The fraction of sp³-hybridized carbons (Fsp3) is 0.952. The molecule has 0 aromatic rings. The lowest BCUT2D eigenvalue weighted by Gasteiger charge is -2.34. The van der Waals surface area contributed by atoms with Crippen LogP contribution in [0.25, 0.3) is 0 Å². The molecule has 0 bridgehead atoms. The van der Waals surface area contributed by atoms with Crippen LogP contribution in [0.2, 0.25) is 0 Å². The second-order valence-electron chi connectivity index (χ2n) is 8.19. The molecule has 27 heavy (non-hydrogen) atoms. The van der Waals surface area contributed by atoms with Gasteiger partial charge >= 0.3 is 0 Å². The Kier molecular flexibility index (Phi) is 12.7. The summed E-state index contributed by atoms with van der Waals surface area (Å²) in [6.45, 7) is 21.8. The minimum atomic E-state index is 0.604. The van der Waals surface area contributed by atoms with Gasteiger partial charge in [0.2, 0.25) is 0 Å². The second kappa shape index (κ2) is 14.2. The van der Waals surface area contributed by atoms with Crippen LogP contribution in [0, 0.1) is 0 Å². The highest BCUT2D eigenvalue weighted by atomic mass is 15.3. The van der Waals surface area contributed by atoms with E-state index in [0.29, 0.717) is 12.1 Å². The van der Waals surface area contributed by atoms with Gasteiger partial charge in [-0.25, -0.2) is 0 Å². The number of likely N-dealkylation sites (N-methyl/N-ethyl adjacent to an activating group) is 1. The van der Waals surface area contributed by atoms with E-state index < -0.39 is 0 Å². The average molecular weight is 383 g/mol. The molecule has 0 radical (unpaired) electrons. The number of piperazine rings is 1. The molecule has 6 heteroatoms. The minimum Gasteiger partial charge on any atom is -0.356 e. The molecule has 6 nitrogen and oxygen atoms in total. The fourth-order valence-corrected chi connectivity index (χ4v) is 3.80. The molecule has 0 aromatic heterocycles. The first-order valence-corrected chi connectivity index (χ1v) is 11.1. The summed E-state index contributed by atoms with van der Waals surface area (Å²) in [5.41, 5.74) is 0. The summed E-state index contributed by atoms with van der Waals surface area (Å²) in [4.78, 5) is 12.0. The zero-order chi connectivity index (χ0) is 20.1. The van der Waals surface area contributed by atoms with E-state index in [1.165, 1.54) is 52.1 Å². The Balaban J connectivity index is 2.06. The largest absolute Gasteiger partial charge is 0.356 e. The van der Waals surface area contributed by atoms with Gasteiger partial charge in [-0.05, 0) is 60.0 Å². The normalized spacial score (nSPS) is 17.3. The van der Waals surface area contributed by atoms with Crippen molar-refractivity contribution in [1.29, 1.82) is 0 Å². The standard InChI is InChI=1S/C21H46N6/c1-7-25-15-17-26(18-16-25)13-9-8-11-23-21(22-6)24-12-10-14-27(19(2)3)20(4)5/h19-20H,7-18H2,1-6H3,(H2,22,23,24). The molecule has 1 saturated heterocycles. The van der Waals surface area contributed by atoms with Crippen LogP contribution in [-0.4, -0.2) is 98.7 Å².